The zero-order valence-electron chi connectivity index (χ0n) is 10.4. The standard InChI is InChI=1S/C12H9ClN4O2S/c1-7-14-17-12(18-7)20-6-10-15-16-11(19-10)8-2-4-9(13)5-3-8/h2-5H,6H2,1H3. The lowest BCUT2D eigenvalue weighted by Gasteiger charge is -1.94. The summed E-state index contributed by atoms with van der Waals surface area (Å²) in [5.74, 6) is 1.96. The first kappa shape index (κ1) is 13.1. The van der Waals surface area contributed by atoms with E-state index in [-0.39, 0.29) is 0 Å². The molecule has 8 heteroatoms. The summed E-state index contributed by atoms with van der Waals surface area (Å²) < 4.78 is 10.8. The van der Waals surface area contributed by atoms with Crippen LogP contribution < -0.4 is 0 Å². The summed E-state index contributed by atoms with van der Waals surface area (Å²) in [5, 5.41) is 16.7. The summed E-state index contributed by atoms with van der Waals surface area (Å²) in [6.45, 7) is 1.74. The molecule has 1 aromatic carbocycles. The van der Waals surface area contributed by atoms with Gasteiger partial charge >= 0.3 is 0 Å². The van der Waals surface area contributed by atoms with E-state index < -0.39 is 0 Å². The maximum Gasteiger partial charge on any atom is 0.277 e. The van der Waals surface area contributed by atoms with Crippen molar-refractivity contribution in [2.45, 2.75) is 17.9 Å². The zero-order chi connectivity index (χ0) is 13.9. The van der Waals surface area contributed by atoms with Crippen molar-refractivity contribution in [2.75, 3.05) is 0 Å². The fourth-order valence-electron chi connectivity index (χ4n) is 1.48. The first-order chi connectivity index (χ1) is 9.70. The van der Waals surface area contributed by atoms with E-state index in [4.69, 9.17) is 20.4 Å². The summed E-state index contributed by atoms with van der Waals surface area (Å²) in [7, 11) is 0. The van der Waals surface area contributed by atoms with Crippen molar-refractivity contribution in [3.05, 3.63) is 41.1 Å². The van der Waals surface area contributed by atoms with Crippen LogP contribution in [0.15, 0.2) is 38.3 Å². The summed E-state index contributed by atoms with van der Waals surface area (Å²) >= 11 is 7.18. The molecule has 0 amide bonds. The molecule has 6 nitrogen and oxygen atoms in total. The molecule has 0 N–H and O–H groups in total. The maximum atomic E-state index is 5.83. The molecule has 0 radical (unpaired) electrons. The fraction of sp³-hybridized carbons (Fsp3) is 0.167. The minimum absolute atomic E-state index is 0.457. The third kappa shape index (κ3) is 3.00. The Labute approximate surface area is 123 Å². The first-order valence-corrected chi connectivity index (χ1v) is 7.08. The van der Waals surface area contributed by atoms with E-state index in [0.717, 1.165) is 5.56 Å². The van der Waals surface area contributed by atoms with Crippen LogP contribution in [0, 0.1) is 6.92 Å². The van der Waals surface area contributed by atoms with Crippen molar-refractivity contribution >= 4 is 23.4 Å². The molecule has 0 saturated heterocycles. The van der Waals surface area contributed by atoms with Crippen molar-refractivity contribution in [2.24, 2.45) is 0 Å². The minimum Gasteiger partial charge on any atom is -0.420 e. The van der Waals surface area contributed by atoms with Crippen LogP contribution in [0.4, 0.5) is 0 Å². The van der Waals surface area contributed by atoms with Gasteiger partial charge < -0.3 is 8.83 Å². The highest BCUT2D eigenvalue weighted by Crippen LogP contribution is 2.24. The molecule has 3 rings (SSSR count). The van der Waals surface area contributed by atoms with Crippen molar-refractivity contribution in [3.8, 4) is 11.5 Å². The lowest BCUT2D eigenvalue weighted by molar-refractivity contribution is 0.428. The average Bonchev–Trinajstić information content (AvgIpc) is 3.06. The first-order valence-electron chi connectivity index (χ1n) is 5.72. The number of nitrogens with zero attached hydrogens (tertiary/aromatic N) is 4. The van der Waals surface area contributed by atoms with Crippen molar-refractivity contribution < 1.29 is 8.83 Å². The Morgan fingerprint density at radius 3 is 2.55 bits per heavy atom. The van der Waals surface area contributed by atoms with Gasteiger partial charge in [0, 0.05) is 17.5 Å². The highest BCUT2D eigenvalue weighted by atomic mass is 35.5. The highest BCUT2D eigenvalue weighted by molar-refractivity contribution is 7.98. The van der Waals surface area contributed by atoms with Crippen molar-refractivity contribution in [3.63, 3.8) is 0 Å². The number of benzene rings is 1. The Balaban J connectivity index is 1.69. The van der Waals surface area contributed by atoms with Crippen LogP contribution in [0.1, 0.15) is 11.8 Å². The van der Waals surface area contributed by atoms with E-state index in [2.05, 4.69) is 20.4 Å². The lowest BCUT2D eigenvalue weighted by Crippen LogP contribution is -1.80. The molecule has 0 aliphatic carbocycles. The largest absolute Gasteiger partial charge is 0.420 e. The molecular weight excluding hydrogens is 300 g/mol. The van der Waals surface area contributed by atoms with Crippen LogP contribution in [-0.2, 0) is 5.75 Å². The Morgan fingerprint density at radius 1 is 1.05 bits per heavy atom. The molecule has 20 heavy (non-hydrogen) atoms. The molecule has 0 atom stereocenters. The number of thioether (sulfide) groups is 1. The van der Waals surface area contributed by atoms with E-state index in [1.807, 2.05) is 12.1 Å². The molecule has 0 aliphatic rings. The molecule has 102 valence electrons. The second kappa shape index (κ2) is 5.64. The number of hydrogen-bond acceptors (Lipinski definition) is 7. The maximum absolute atomic E-state index is 5.83. The predicted molar refractivity (Wildman–Crippen MR) is 73.3 cm³/mol. The minimum atomic E-state index is 0.457. The highest BCUT2D eigenvalue weighted by Gasteiger charge is 2.11. The Hall–Kier alpha value is -1.86. The molecule has 0 aliphatic heterocycles. The van der Waals surface area contributed by atoms with Gasteiger partial charge in [0.25, 0.3) is 5.22 Å². The smallest absolute Gasteiger partial charge is 0.277 e. The van der Waals surface area contributed by atoms with Gasteiger partial charge in [0.05, 0.1) is 5.75 Å². The molecule has 2 heterocycles. The number of aromatic nitrogens is 4. The quantitative estimate of drug-likeness (QED) is 0.684. The lowest BCUT2D eigenvalue weighted by atomic mass is 10.2. The van der Waals surface area contributed by atoms with E-state index in [0.29, 0.717) is 33.7 Å². The summed E-state index contributed by atoms with van der Waals surface area (Å²) in [5.41, 5.74) is 0.826. The van der Waals surface area contributed by atoms with Gasteiger partial charge in [-0.25, -0.2) is 0 Å². The van der Waals surface area contributed by atoms with E-state index in [1.54, 1.807) is 19.1 Å². The summed E-state index contributed by atoms with van der Waals surface area (Å²) in [4.78, 5) is 0. The van der Waals surface area contributed by atoms with Crippen LogP contribution >= 0.6 is 23.4 Å². The van der Waals surface area contributed by atoms with Gasteiger partial charge in [0.1, 0.15) is 0 Å². The van der Waals surface area contributed by atoms with E-state index in [9.17, 15) is 0 Å². The molecular formula is C12H9ClN4O2S. The predicted octanol–water partition coefficient (Wildman–Crippen LogP) is 3.37. The number of halogens is 1. The molecule has 0 saturated carbocycles. The third-order valence-corrected chi connectivity index (χ3v) is 3.44. The van der Waals surface area contributed by atoms with Crippen LogP contribution in [0.5, 0.6) is 0 Å². The number of aryl methyl sites for hydroxylation is 1. The van der Waals surface area contributed by atoms with Crippen molar-refractivity contribution in [1.82, 2.24) is 20.4 Å². The van der Waals surface area contributed by atoms with Crippen molar-refractivity contribution in [1.29, 1.82) is 0 Å². The number of rotatable bonds is 4. The van der Waals surface area contributed by atoms with Gasteiger partial charge in [-0.15, -0.1) is 20.4 Å². The molecule has 0 unspecified atom stereocenters. The van der Waals surface area contributed by atoms with Crippen LogP contribution in [-0.4, -0.2) is 20.4 Å². The second-order valence-corrected chi connectivity index (χ2v) is 5.25. The topological polar surface area (TPSA) is 77.8 Å². The Kier molecular flexibility index (Phi) is 3.70. The van der Waals surface area contributed by atoms with Crippen LogP contribution in [0.25, 0.3) is 11.5 Å². The summed E-state index contributed by atoms with van der Waals surface area (Å²) in [6.07, 6.45) is 0. The van der Waals surface area contributed by atoms with Crippen LogP contribution in [0.3, 0.4) is 0 Å². The fourth-order valence-corrected chi connectivity index (χ4v) is 2.25. The summed E-state index contributed by atoms with van der Waals surface area (Å²) in [6, 6.07) is 7.20. The molecule has 2 aromatic heterocycles. The van der Waals surface area contributed by atoms with Gasteiger partial charge in [-0.3, -0.25) is 0 Å². The van der Waals surface area contributed by atoms with E-state index in [1.165, 1.54) is 11.8 Å². The Bertz CT molecular complexity index is 710. The average molecular weight is 309 g/mol. The Morgan fingerprint density at radius 2 is 1.85 bits per heavy atom. The van der Waals surface area contributed by atoms with Gasteiger partial charge in [0.15, 0.2) is 0 Å². The third-order valence-electron chi connectivity index (χ3n) is 2.38. The molecule has 0 fully saturated rings. The van der Waals surface area contributed by atoms with Gasteiger partial charge in [0.2, 0.25) is 17.7 Å². The second-order valence-electron chi connectivity index (χ2n) is 3.88. The molecule has 3 aromatic rings. The van der Waals surface area contributed by atoms with Gasteiger partial charge in [-0.1, -0.05) is 23.4 Å². The van der Waals surface area contributed by atoms with Gasteiger partial charge in [-0.2, -0.15) is 0 Å². The SMILES string of the molecule is Cc1nnc(SCc2nnc(-c3ccc(Cl)cc3)o2)o1. The molecule has 0 spiro atoms. The zero-order valence-corrected chi connectivity index (χ0v) is 12.0. The normalized spacial score (nSPS) is 10.9. The van der Waals surface area contributed by atoms with Gasteiger partial charge in [-0.05, 0) is 24.3 Å². The van der Waals surface area contributed by atoms with Crippen LogP contribution in [0.2, 0.25) is 5.02 Å². The monoisotopic (exact) mass is 308 g/mol. The number of hydrogen-bond donors (Lipinski definition) is 0. The molecule has 0 bridgehead atoms. The van der Waals surface area contributed by atoms with E-state index >= 15 is 0 Å².